The summed E-state index contributed by atoms with van der Waals surface area (Å²) in [6, 6.07) is 11.5. The number of para-hydroxylation sites is 1. The summed E-state index contributed by atoms with van der Waals surface area (Å²) in [5.41, 5.74) is 0.877. The lowest BCUT2D eigenvalue weighted by Gasteiger charge is -2.36. The Labute approximate surface area is 196 Å². The second-order valence-corrected chi connectivity index (χ2v) is 9.87. The van der Waals surface area contributed by atoms with E-state index >= 15 is 0 Å². The van der Waals surface area contributed by atoms with Gasteiger partial charge in [0.05, 0.1) is 34.7 Å². The van der Waals surface area contributed by atoms with Crippen molar-refractivity contribution < 1.29 is 19.5 Å². The highest BCUT2D eigenvalue weighted by molar-refractivity contribution is 5.94. The molecule has 0 amide bonds. The minimum atomic E-state index is -1.94. The number of aliphatic hydroxyl groups is 1. The Hall–Kier alpha value is -3.52. The number of hydrogen-bond acceptors (Lipinski definition) is 7. The van der Waals surface area contributed by atoms with Crippen LogP contribution in [0.2, 0.25) is 0 Å². The molecule has 8 heteroatoms. The number of nitrogens with zero attached hydrogens (tertiary/aromatic N) is 3. The van der Waals surface area contributed by atoms with Crippen molar-refractivity contribution in [1.29, 1.82) is 0 Å². The lowest BCUT2D eigenvalue weighted by molar-refractivity contribution is -0.174. The molecule has 2 aromatic heterocycles. The zero-order chi connectivity index (χ0) is 24.4. The van der Waals surface area contributed by atoms with Crippen molar-refractivity contribution >= 4 is 22.6 Å². The van der Waals surface area contributed by atoms with Gasteiger partial charge in [-0.2, -0.15) is 0 Å². The van der Waals surface area contributed by atoms with Crippen molar-refractivity contribution in [2.24, 2.45) is 5.16 Å². The number of ether oxygens (including phenoxy) is 1. The molecule has 3 aromatic rings. The van der Waals surface area contributed by atoms with Crippen LogP contribution in [0.25, 0.3) is 22.3 Å². The van der Waals surface area contributed by atoms with Gasteiger partial charge in [0, 0.05) is 16.5 Å². The smallest absolute Gasteiger partial charge is 0.343 e. The highest BCUT2D eigenvalue weighted by atomic mass is 16.7. The quantitative estimate of drug-likeness (QED) is 0.283. The van der Waals surface area contributed by atoms with E-state index in [2.05, 4.69) is 5.16 Å². The topological polar surface area (TPSA) is 103 Å². The van der Waals surface area contributed by atoms with E-state index < -0.39 is 23.3 Å². The van der Waals surface area contributed by atoms with Gasteiger partial charge in [-0.05, 0) is 52.3 Å². The molecular weight excluding hydrogens is 434 g/mol. The molecule has 0 spiro atoms. The minimum Gasteiger partial charge on any atom is -0.449 e. The summed E-state index contributed by atoms with van der Waals surface area (Å²) in [4.78, 5) is 37.1. The van der Waals surface area contributed by atoms with Crippen LogP contribution in [-0.2, 0) is 26.5 Å². The SMILES string of the molecule is CC[C@@]1(O)C(=O)OC(/C(C)=N/OC(C)(C)C)c2c1cc1n(c2=O)Cc2cc3ccccc3nc2-1. The minimum absolute atomic E-state index is 0.0567. The molecule has 4 heterocycles. The highest BCUT2D eigenvalue weighted by Gasteiger charge is 2.49. The van der Waals surface area contributed by atoms with Gasteiger partial charge in [0.1, 0.15) is 5.60 Å². The van der Waals surface area contributed by atoms with Crippen LogP contribution in [0.4, 0.5) is 0 Å². The summed E-state index contributed by atoms with van der Waals surface area (Å²) >= 11 is 0. The first-order chi connectivity index (χ1) is 16.0. The van der Waals surface area contributed by atoms with Crippen LogP contribution in [-0.4, -0.2) is 31.9 Å². The zero-order valence-corrected chi connectivity index (χ0v) is 19.9. The number of rotatable bonds is 3. The molecule has 0 radical (unpaired) electrons. The van der Waals surface area contributed by atoms with Crippen LogP contribution in [0.5, 0.6) is 0 Å². The summed E-state index contributed by atoms with van der Waals surface area (Å²) in [6.07, 6.45) is -1.00. The molecule has 34 heavy (non-hydrogen) atoms. The first kappa shape index (κ1) is 22.3. The fourth-order valence-corrected chi connectivity index (χ4v) is 4.54. The number of esters is 1. The molecule has 0 aliphatic carbocycles. The maximum Gasteiger partial charge on any atom is 0.343 e. The summed E-state index contributed by atoms with van der Waals surface area (Å²) in [6.45, 7) is 9.20. The summed E-state index contributed by atoms with van der Waals surface area (Å²) < 4.78 is 7.22. The van der Waals surface area contributed by atoms with Crippen LogP contribution in [0.3, 0.4) is 0 Å². The van der Waals surface area contributed by atoms with E-state index in [-0.39, 0.29) is 23.1 Å². The highest BCUT2D eigenvalue weighted by Crippen LogP contribution is 2.42. The Kier molecular flexibility index (Phi) is 4.91. The monoisotopic (exact) mass is 461 g/mol. The van der Waals surface area contributed by atoms with Crippen molar-refractivity contribution in [3.05, 3.63) is 63.4 Å². The van der Waals surface area contributed by atoms with Gasteiger partial charge in [0.2, 0.25) is 0 Å². The average Bonchev–Trinajstić information content (AvgIpc) is 3.15. The number of carbonyl (C=O) groups is 1. The molecule has 8 nitrogen and oxygen atoms in total. The van der Waals surface area contributed by atoms with E-state index in [1.807, 2.05) is 51.1 Å². The summed E-state index contributed by atoms with van der Waals surface area (Å²) in [5.74, 6) is -0.813. The molecule has 0 bridgehead atoms. The number of pyridine rings is 2. The van der Waals surface area contributed by atoms with Crippen molar-refractivity contribution in [1.82, 2.24) is 9.55 Å². The molecule has 2 atom stereocenters. The Morgan fingerprint density at radius 3 is 2.74 bits per heavy atom. The van der Waals surface area contributed by atoms with Crippen molar-refractivity contribution in [2.75, 3.05) is 0 Å². The molecule has 1 N–H and O–H groups in total. The van der Waals surface area contributed by atoms with Gasteiger partial charge in [-0.25, -0.2) is 9.78 Å². The molecule has 0 saturated carbocycles. The molecule has 1 unspecified atom stereocenters. The van der Waals surface area contributed by atoms with Gasteiger partial charge in [0.25, 0.3) is 5.56 Å². The number of aromatic nitrogens is 2. The van der Waals surface area contributed by atoms with Gasteiger partial charge in [-0.1, -0.05) is 30.3 Å². The molecule has 0 fully saturated rings. The van der Waals surface area contributed by atoms with Crippen molar-refractivity contribution in [2.45, 2.75) is 64.9 Å². The first-order valence-electron chi connectivity index (χ1n) is 11.4. The molecule has 176 valence electrons. The average molecular weight is 462 g/mol. The zero-order valence-electron chi connectivity index (χ0n) is 19.9. The number of carbonyl (C=O) groups excluding carboxylic acids is 1. The van der Waals surface area contributed by atoms with Crippen molar-refractivity contribution in [3.63, 3.8) is 0 Å². The Bertz CT molecular complexity index is 1430. The van der Waals surface area contributed by atoms with Crippen LogP contribution in [0.1, 0.15) is 63.8 Å². The number of hydrogen-bond donors (Lipinski definition) is 1. The maximum atomic E-state index is 13.8. The summed E-state index contributed by atoms with van der Waals surface area (Å²) in [5, 5.41) is 16.4. The van der Waals surface area contributed by atoms with Gasteiger partial charge in [0.15, 0.2) is 11.7 Å². The second kappa shape index (κ2) is 7.50. The van der Waals surface area contributed by atoms with Gasteiger partial charge < -0.3 is 19.2 Å². The largest absolute Gasteiger partial charge is 0.449 e. The van der Waals surface area contributed by atoms with Gasteiger partial charge >= 0.3 is 5.97 Å². The number of benzene rings is 1. The number of fused-ring (bicyclic) bond motifs is 5. The predicted octanol–water partition coefficient (Wildman–Crippen LogP) is 3.81. The Balaban J connectivity index is 1.73. The van der Waals surface area contributed by atoms with Crippen LogP contribution >= 0.6 is 0 Å². The van der Waals surface area contributed by atoms with Crippen LogP contribution < -0.4 is 5.56 Å². The third-order valence-electron chi connectivity index (χ3n) is 6.34. The van der Waals surface area contributed by atoms with Gasteiger partial charge in [-0.15, -0.1) is 0 Å². The normalized spacial score (nSPS) is 21.6. The van der Waals surface area contributed by atoms with E-state index in [1.165, 1.54) is 0 Å². The van der Waals surface area contributed by atoms with Crippen molar-refractivity contribution in [3.8, 4) is 11.4 Å². The van der Waals surface area contributed by atoms with E-state index in [0.717, 1.165) is 16.5 Å². The van der Waals surface area contributed by atoms with E-state index in [9.17, 15) is 14.7 Å². The van der Waals surface area contributed by atoms with Gasteiger partial charge in [-0.3, -0.25) is 4.79 Å². The number of oxime groups is 1. The molecule has 0 saturated heterocycles. The molecule has 2 aliphatic rings. The first-order valence-corrected chi connectivity index (χ1v) is 11.4. The van der Waals surface area contributed by atoms with Crippen LogP contribution in [0, 0.1) is 0 Å². The Morgan fingerprint density at radius 1 is 1.29 bits per heavy atom. The standard InChI is InChI=1S/C26H27N3O5/c1-6-26(32)17-12-19-21-16(11-15-9-7-8-10-18(15)27-21)13-29(19)23(30)20(17)22(33-24(26)31)14(2)28-34-25(3,4)5/h7-12,22,32H,6,13H2,1-5H3/b28-14+/t22?,26-/m0/s1. The van der Waals surface area contributed by atoms with E-state index in [1.54, 1.807) is 24.5 Å². The summed E-state index contributed by atoms with van der Waals surface area (Å²) in [7, 11) is 0. The molecular formula is C26H27N3O5. The lowest BCUT2D eigenvalue weighted by atomic mass is 9.82. The fourth-order valence-electron chi connectivity index (χ4n) is 4.54. The molecule has 1 aromatic carbocycles. The third kappa shape index (κ3) is 3.32. The fraction of sp³-hybridized carbons (Fsp3) is 0.385. The van der Waals surface area contributed by atoms with Crippen LogP contribution in [0.15, 0.2) is 46.3 Å². The Morgan fingerprint density at radius 2 is 2.03 bits per heavy atom. The predicted molar refractivity (Wildman–Crippen MR) is 128 cm³/mol. The van der Waals surface area contributed by atoms with E-state index in [4.69, 9.17) is 14.6 Å². The molecule has 2 aliphatic heterocycles. The molecule has 5 rings (SSSR count). The maximum absolute atomic E-state index is 13.8. The number of cyclic esters (lactones) is 1. The third-order valence-corrected chi connectivity index (χ3v) is 6.34. The second-order valence-electron chi connectivity index (χ2n) is 9.87. The van der Waals surface area contributed by atoms with E-state index in [0.29, 0.717) is 23.6 Å². The lowest BCUT2D eigenvalue weighted by Crippen LogP contribution is -2.47.